The fraction of sp³-hybridized carbons (Fsp3) is 0.720. The minimum Gasteiger partial charge on any atom is -0.391 e. The summed E-state index contributed by atoms with van der Waals surface area (Å²) in [6.07, 6.45) is 7.07. The smallest absolute Gasteiger partial charge is 0.170 e. The molecule has 2 heterocycles. The van der Waals surface area contributed by atoms with Crippen LogP contribution in [0.3, 0.4) is 0 Å². The van der Waals surface area contributed by atoms with E-state index in [4.69, 9.17) is 12.2 Å². The molecule has 2 aliphatic heterocycles. The second-order valence-electron chi connectivity index (χ2n) is 9.95. The lowest BCUT2D eigenvalue weighted by Crippen LogP contribution is -2.52. The average Bonchev–Trinajstić information content (AvgIpc) is 3.04. The van der Waals surface area contributed by atoms with Crippen molar-refractivity contribution in [2.75, 3.05) is 18.4 Å². The van der Waals surface area contributed by atoms with Crippen LogP contribution < -0.4 is 10.6 Å². The van der Waals surface area contributed by atoms with E-state index in [0.29, 0.717) is 24.0 Å². The molecule has 4 rings (SSSR count). The molecule has 2 saturated heterocycles. The maximum atomic E-state index is 10.5. The van der Waals surface area contributed by atoms with E-state index in [1.807, 2.05) is 4.90 Å². The van der Waals surface area contributed by atoms with E-state index in [9.17, 15) is 15.3 Å². The SMILES string of the molecule is CCCC1CCC(c2ccc(NC(=S)NC[C@@H]3[C@@H](O)[C@@H](O)[C@H]4[C@H](O)CCCN43)cc2)CC1. The Labute approximate surface area is 197 Å². The van der Waals surface area contributed by atoms with Crippen LogP contribution in [0, 0.1) is 5.92 Å². The molecule has 5 atom stereocenters. The zero-order chi connectivity index (χ0) is 22.7. The number of fused-ring (bicyclic) bond motifs is 1. The maximum Gasteiger partial charge on any atom is 0.170 e. The topological polar surface area (TPSA) is 88.0 Å². The van der Waals surface area contributed by atoms with Crippen LogP contribution >= 0.6 is 12.2 Å². The van der Waals surface area contributed by atoms with E-state index in [2.05, 4.69) is 41.8 Å². The van der Waals surface area contributed by atoms with Crippen molar-refractivity contribution in [1.82, 2.24) is 10.2 Å². The first-order valence-electron chi connectivity index (χ1n) is 12.4. The molecular formula is C25H39N3O3S. The van der Waals surface area contributed by atoms with Crippen molar-refractivity contribution in [2.24, 2.45) is 5.92 Å². The highest BCUT2D eigenvalue weighted by atomic mass is 32.1. The van der Waals surface area contributed by atoms with Crippen molar-refractivity contribution in [3.05, 3.63) is 29.8 Å². The van der Waals surface area contributed by atoms with Crippen molar-refractivity contribution in [1.29, 1.82) is 0 Å². The summed E-state index contributed by atoms with van der Waals surface area (Å²) in [5.74, 6) is 1.59. The Morgan fingerprint density at radius 3 is 2.44 bits per heavy atom. The molecule has 178 valence electrons. The number of thiocarbonyl (C=S) groups is 1. The highest BCUT2D eigenvalue weighted by molar-refractivity contribution is 7.80. The number of hydrogen-bond acceptors (Lipinski definition) is 5. The fourth-order valence-corrected chi connectivity index (χ4v) is 6.30. The highest BCUT2D eigenvalue weighted by Gasteiger charge is 2.51. The van der Waals surface area contributed by atoms with Gasteiger partial charge in [0.1, 0.15) is 0 Å². The van der Waals surface area contributed by atoms with Gasteiger partial charge >= 0.3 is 0 Å². The minimum absolute atomic E-state index is 0.269. The summed E-state index contributed by atoms with van der Waals surface area (Å²) >= 11 is 5.47. The standard InChI is InChI=1S/C25H39N3O3S/c1-2-4-16-6-8-17(9-7-16)18-10-12-19(13-11-18)27-25(32)26-15-20-23(30)24(31)22-21(29)5-3-14-28(20)22/h10-13,16-17,20-24,29-31H,2-9,14-15H2,1H3,(H2,26,27,32)/t16?,17?,20-,21-,22-,23-,24+/m1/s1. The van der Waals surface area contributed by atoms with Gasteiger partial charge in [0, 0.05) is 12.2 Å². The number of nitrogens with one attached hydrogen (secondary N) is 2. The molecule has 0 aromatic heterocycles. The molecule has 6 nitrogen and oxygen atoms in total. The van der Waals surface area contributed by atoms with Crippen LogP contribution in [0.25, 0.3) is 0 Å². The van der Waals surface area contributed by atoms with Gasteiger partial charge in [-0.15, -0.1) is 0 Å². The molecule has 0 radical (unpaired) electrons. The number of benzene rings is 1. The third kappa shape index (κ3) is 5.28. The molecule has 32 heavy (non-hydrogen) atoms. The van der Waals surface area contributed by atoms with Crippen molar-refractivity contribution >= 4 is 23.0 Å². The van der Waals surface area contributed by atoms with Gasteiger partial charge in [-0.1, -0.05) is 31.9 Å². The lowest BCUT2D eigenvalue weighted by Gasteiger charge is -2.37. The van der Waals surface area contributed by atoms with Crippen molar-refractivity contribution in [3.8, 4) is 0 Å². The van der Waals surface area contributed by atoms with Crippen molar-refractivity contribution < 1.29 is 15.3 Å². The first-order chi connectivity index (χ1) is 15.5. The Kier molecular flexibility index (Phi) is 8.05. The lowest BCUT2D eigenvalue weighted by molar-refractivity contribution is -0.0291. The first-order valence-corrected chi connectivity index (χ1v) is 12.8. The molecule has 1 aromatic carbocycles. The van der Waals surface area contributed by atoms with Gasteiger partial charge in [0.15, 0.2) is 5.11 Å². The van der Waals surface area contributed by atoms with Gasteiger partial charge in [-0.3, -0.25) is 4.90 Å². The zero-order valence-corrected chi connectivity index (χ0v) is 19.9. The molecule has 0 spiro atoms. The van der Waals surface area contributed by atoms with Gasteiger partial charge in [0.05, 0.1) is 30.4 Å². The Morgan fingerprint density at radius 1 is 1.03 bits per heavy atom. The number of hydrogen-bond donors (Lipinski definition) is 5. The Bertz CT molecular complexity index is 753. The van der Waals surface area contributed by atoms with E-state index >= 15 is 0 Å². The second kappa shape index (κ2) is 10.8. The Hall–Kier alpha value is -1.25. The fourth-order valence-electron chi connectivity index (χ4n) is 6.10. The third-order valence-corrected chi connectivity index (χ3v) is 8.12. The van der Waals surface area contributed by atoms with Crippen molar-refractivity contribution in [3.63, 3.8) is 0 Å². The predicted octanol–water partition coefficient (Wildman–Crippen LogP) is 2.98. The van der Waals surface area contributed by atoms with E-state index < -0.39 is 24.4 Å². The Balaban J connectivity index is 1.26. The van der Waals surface area contributed by atoms with Crippen molar-refractivity contribution in [2.45, 2.75) is 94.6 Å². The van der Waals surface area contributed by atoms with Gasteiger partial charge < -0.3 is 26.0 Å². The minimum atomic E-state index is -0.928. The summed E-state index contributed by atoms with van der Waals surface area (Å²) in [7, 11) is 0. The lowest BCUT2D eigenvalue weighted by atomic mass is 9.77. The van der Waals surface area contributed by atoms with E-state index in [0.717, 1.165) is 24.6 Å². The monoisotopic (exact) mass is 461 g/mol. The summed E-state index contributed by atoms with van der Waals surface area (Å²) in [6, 6.07) is 7.95. The summed E-state index contributed by atoms with van der Waals surface area (Å²) < 4.78 is 0. The van der Waals surface area contributed by atoms with Crippen LogP contribution in [-0.2, 0) is 0 Å². The molecule has 1 aliphatic carbocycles. The van der Waals surface area contributed by atoms with Gasteiger partial charge in [-0.2, -0.15) is 0 Å². The molecule has 0 amide bonds. The third-order valence-electron chi connectivity index (χ3n) is 7.87. The first kappa shape index (κ1) is 23.9. The van der Waals surface area contributed by atoms with Crippen LogP contribution in [0.2, 0.25) is 0 Å². The number of nitrogens with zero attached hydrogens (tertiary/aromatic N) is 1. The number of anilines is 1. The normalized spacial score (nSPS) is 35.3. The van der Waals surface area contributed by atoms with Gasteiger partial charge in [-0.25, -0.2) is 0 Å². The van der Waals surface area contributed by atoms with Gasteiger partial charge in [-0.05, 0) is 86.8 Å². The van der Waals surface area contributed by atoms with Crippen LogP contribution in [0.4, 0.5) is 5.69 Å². The molecular weight excluding hydrogens is 422 g/mol. The van der Waals surface area contributed by atoms with Crippen LogP contribution in [0.1, 0.15) is 69.8 Å². The predicted molar refractivity (Wildman–Crippen MR) is 132 cm³/mol. The maximum absolute atomic E-state index is 10.5. The van der Waals surface area contributed by atoms with Gasteiger partial charge in [0.25, 0.3) is 0 Å². The van der Waals surface area contributed by atoms with Crippen LogP contribution in [0.5, 0.6) is 0 Å². The van der Waals surface area contributed by atoms with Gasteiger partial charge in [0.2, 0.25) is 0 Å². The zero-order valence-electron chi connectivity index (χ0n) is 19.1. The number of aliphatic hydroxyl groups excluding tert-OH is 3. The number of piperidine rings is 1. The van der Waals surface area contributed by atoms with E-state index in [1.54, 1.807) is 0 Å². The number of aliphatic hydroxyl groups is 3. The largest absolute Gasteiger partial charge is 0.391 e. The molecule has 0 unspecified atom stereocenters. The molecule has 1 aromatic rings. The molecule has 0 bridgehead atoms. The Morgan fingerprint density at radius 2 is 1.75 bits per heavy atom. The second-order valence-corrected chi connectivity index (χ2v) is 10.4. The summed E-state index contributed by atoms with van der Waals surface area (Å²) in [5, 5.41) is 38.1. The molecule has 3 fully saturated rings. The summed E-state index contributed by atoms with van der Waals surface area (Å²) in [4.78, 5) is 2.03. The average molecular weight is 462 g/mol. The molecule has 3 aliphatic rings. The van der Waals surface area contributed by atoms with E-state index in [-0.39, 0.29) is 6.04 Å². The highest BCUT2D eigenvalue weighted by Crippen LogP contribution is 2.37. The summed E-state index contributed by atoms with van der Waals surface area (Å²) in [6.45, 7) is 3.47. The van der Waals surface area contributed by atoms with Crippen LogP contribution in [-0.4, -0.2) is 68.8 Å². The van der Waals surface area contributed by atoms with E-state index in [1.165, 1.54) is 44.1 Å². The van der Waals surface area contributed by atoms with Crippen LogP contribution in [0.15, 0.2) is 24.3 Å². The molecule has 7 heteroatoms. The molecule has 5 N–H and O–H groups in total. The number of rotatable bonds is 6. The quantitative estimate of drug-likeness (QED) is 0.416. The summed E-state index contributed by atoms with van der Waals surface area (Å²) in [5.41, 5.74) is 2.37. The molecule has 1 saturated carbocycles.